The van der Waals surface area contributed by atoms with Gasteiger partial charge < -0.3 is 5.32 Å². The van der Waals surface area contributed by atoms with Gasteiger partial charge in [0.25, 0.3) is 0 Å². The molecule has 5 heteroatoms. The minimum absolute atomic E-state index is 0.398. The number of hydrogen-bond donors (Lipinski definition) is 1. The van der Waals surface area contributed by atoms with Gasteiger partial charge in [-0.15, -0.1) is 0 Å². The molecule has 0 aliphatic carbocycles. The van der Waals surface area contributed by atoms with Crippen LogP contribution in [0.15, 0.2) is 23.1 Å². The van der Waals surface area contributed by atoms with Gasteiger partial charge in [0.05, 0.1) is 4.90 Å². The average Bonchev–Trinajstić information content (AvgIpc) is 2.30. The Morgan fingerprint density at radius 3 is 2.53 bits per heavy atom. The molecule has 0 aromatic heterocycles. The van der Waals surface area contributed by atoms with Gasteiger partial charge in [-0.25, -0.2) is 12.7 Å². The second-order valence-electron chi connectivity index (χ2n) is 3.99. The van der Waals surface area contributed by atoms with E-state index in [4.69, 9.17) is 0 Å². The normalized spacial score (nSPS) is 12.1. The monoisotopic (exact) mass is 256 g/mol. The third-order valence-electron chi connectivity index (χ3n) is 2.90. The van der Waals surface area contributed by atoms with Crippen LogP contribution in [0.25, 0.3) is 0 Å². The van der Waals surface area contributed by atoms with Crippen LogP contribution in [0.4, 0.5) is 0 Å². The molecule has 0 bridgehead atoms. The molecule has 1 rings (SSSR count). The fourth-order valence-electron chi connectivity index (χ4n) is 1.66. The molecule has 1 aromatic carbocycles. The van der Waals surface area contributed by atoms with E-state index in [2.05, 4.69) is 5.32 Å². The smallest absolute Gasteiger partial charge is 0.243 e. The summed E-state index contributed by atoms with van der Waals surface area (Å²) in [5, 5.41) is 3.04. The molecule has 0 saturated carbocycles. The highest BCUT2D eigenvalue weighted by Crippen LogP contribution is 2.21. The van der Waals surface area contributed by atoms with Gasteiger partial charge in [-0.2, -0.15) is 0 Å². The zero-order valence-electron chi connectivity index (χ0n) is 10.8. The lowest BCUT2D eigenvalue weighted by molar-refractivity contribution is 0.485. The third-order valence-corrected chi connectivity index (χ3v) is 4.97. The molecular formula is C12H20N2O2S. The van der Waals surface area contributed by atoms with Crippen LogP contribution in [-0.4, -0.2) is 33.4 Å². The van der Waals surface area contributed by atoms with Crippen LogP contribution in [0.5, 0.6) is 0 Å². The Hall–Kier alpha value is -0.910. The van der Waals surface area contributed by atoms with E-state index in [0.29, 0.717) is 18.0 Å². The van der Waals surface area contributed by atoms with Crippen LogP contribution in [0.2, 0.25) is 0 Å². The van der Waals surface area contributed by atoms with E-state index in [1.807, 2.05) is 27.0 Å². The minimum atomic E-state index is -3.35. The van der Waals surface area contributed by atoms with Crippen molar-refractivity contribution in [3.05, 3.63) is 29.3 Å². The highest BCUT2D eigenvalue weighted by Gasteiger charge is 2.22. The van der Waals surface area contributed by atoms with E-state index in [9.17, 15) is 8.42 Å². The fourth-order valence-corrected chi connectivity index (χ4v) is 3.10. The Morgan fingerprint density at radius 2 is 2.00 bits per heavy atom. The largest absolute Gasteiger partial charge is 0.316 e. The van der Waals surface area contributed by atoms with Crippen molar-refractivity contribution in [3.63, 3.8) is 0 Å². The molecule has 1 N–H and O–H groups in total. The zero-order chi connectivity index (χ0) is 13.1. The van der Waals surface area contributed by atoms with Crippen LogP contribution < -0.4 is 5.32 Å². The first-order valence-electron chi connectivity index (χ1n) is 5.64. The fraction of sp³-hybridized carbons (Fsp3) is 0.500. The summed E-state index contributed by atoms with van der Waals surface area (Å²) in [6.45, 7) is 4.82. The van der Waals surface area contributed by atoms with Crippen LogP contribution in [0, 0.1) is 6.92 Å². The molecule has 0 aliphatic heterocycles. The highest BCUT2D eigenvalue weighted by molar-refractivity contribution is 7.89. The predicted molar refractivity (Wildman–Crippen MR) is 69.4 cm³/mol. The second kappa shape index (κ2) is 5.62. The molecule has 1 aromatic rings. The number of benzene rings is 1. The Kier molecular flexibility index (Phi) is 4.68. The van der Waals surface area contributed by atoms with E-state index in [0.717, 1.165) is 11.1 Å². The lowest BCUT2D eigenvalue weighted by Crippen LogP contribution is -2.27. The lowest BCUT2D eigenvalue weighted by atomic mass is 10.1. The molecule has 96 valence electrons. The van der Waals surface area contributed by atoms with Gasteiger partial charge in [-0.3, -0.25) is 0 Å². The summed E-state index contributed by atoms with van der Waals surface area (Å²) in [6.07, 6.45) is 0. The molecule has 0 fully saturated rings. The summed E-state index contributed by atoms with van der Waals surface area (Å²) >= 11 is 0. The lowest BCUT2D eigenvalue weighted by Gasteiger charge is -2.18. The molecule has 17 heavy (non-hydrogen) atoms. The molecule has 0 aliphatic rings. The van der Waals surface area contributed by atoms with E-state index >= 15 is 0 Å². The maximum Gasteiger partial charge on any atom is 0.243 e. The second-order valence-corrected chi connectivity index (χ2v) is 6.00. The Morgan fingerprint density at radius 1 is 1.35 bits per heavy atom. The van der Waals surface area contributed by atoms with Crippen molar-refractivity contribution in [1.29, 1.82) is 0 Å². The van der Waals surface area contributed by atoms with E-state index < -0.39 is 10.0 Å². The molecule has 0 atom stereocenters. The van der Waals surface area contributed by atoms with Crippen molar-refractivity contribution >= 4 is 10.0 Å². The molecule has 4 nitrogen and oxygen atoms in total. The van der Waals surface area contributed by atoms with E-state index in [1.165, 1.54) is 4.31 Å². The Bertz CT molecular complexity index is 483. The molecular weight excluding hydrogens is 236 g/mol. The summed E-state index contributed by atoms with van der Waals surface area (Å²) < 4.78 is 25.9. The Balaban J connectivity index is 3.28. The van der Waals surface area contributed by atoms with Gasteiger partial charge >= 0.3 is 0 Å². The van der Waals surface area contributed by atoms with Crippen molar-refractivity contribution in [2.24, 2.45) is 0 Å². The Labute approximate surface area is 104 Å². The van der Waals surface area contributed by atoms with Crippen molar-refractivity contribution < 1.29 is 8.42 Å². The first-order valence-corrected chi connectivity index (χ1v) is 7.08. The maximum atomic E-state index is 12.2. The van der Waals surface area contributed by atoms with Gasteiger partial charge in [0.15, 0.2) is 0 Å². The number of nitrogens with one attached hydrogen (secondary N) is 1. The first-order chi connectivity index (χ1) is 7.95. The quantitative estimate of drug-likeness (QED) is 0.865. The van der Waals surface area contributed by atoms with E-state index in [1.54, 1.807) is 19.2 Å². The van der Waals surface area contributed by atoms with Crippen LogP contribution in [-0.2, 0) is 16.6 Å². The zero-order valence-corrected chi connectivity index (χ0v) is 11.6. The number of hydrogen-bond acceptors (Lipinski definition) is 3. The van der Waals surface area contributed by atoms with Gasteiger partial charge in [-0.1, -0.05) is 19.1 Å². The predicted octanol–water partition coefficient (Wildman–Crippen LogP) is 1.35. The summed E-state index contributed by atoms with van der Waals surface area (Å²) in [5.41, 5.74) is 1.83. The van der Waals surface area contributed by atoms with Crippen molar-refractivity contribution in [1.82, 2.24) is 9.62 Å². The van der Waals surface area contributed by atoms with Crippen molar-refractivity contribution in [3.8, 4) is 0 Å². The van der Waals surface area contributed by atoms with Gasteiger partial charge in [0.2, 0.25) is 10.0 Å². The van der Waals surface area contributed by atoms with Crippen molar-refractivity contribution in [2.75, 3.05) is 20.6 Å². The van der Waals surface area contributed by atoms with Gasteiger partial charge in [-0.05, 0) is 31.2 Å². The minimum Gasteiger partial charge on any atom is -0.316 e. The number of sulfonamides is 1. The molecule has 0 unspecified atom stereocenters. The first kappa shape index (κ1) is 14.2. The van der Waals surface area contributed by atoms with Crippen LogP contribution >= 0.6 is 0 Å². The van der Waals surface area contributed by atoms with Crippen LogP contribution in [0.3, 0.4) is 0 Å². The summed E-state index contributed by atoms with van der Waals surface area (Å²) in [4.78, 5) is 0.398. The number of nitrogens with zero attached hydrogens (tertiary/aromatic N) is 1. The standard InChI is InChI=1S/C12H20N2O2S/c1-5-14(4)17(15,16)12-8-6-7-11(9-13-3)10(12)2/h6-8,13H,5,9H2,1-4H3. The third kappa shape index (κ3) is 2.86. The molecule has 0 radical (unpaired) electrons. The highest BCUT2D eigenvalue weighted by atomic mass is 32.2. The van der Waals surface area contributed by atoms with Crippen molar-refractivity contribution in [2.45, 2.75) is 25.3 Å². The van der Waals surface area contributed by atoms with E-state index in [-0.39, 0.29) is 0 Å². The summed E-state index contributed by atoms with van der Waals surface area (Å²) in [5.74, 6) is 0. The average molecular weight is 256 g/mol. The topological polar surface area (TPSA) is 49.4 Å². The molecule has 0 heterocycles. The SMILES string of the molecule is CCN(C)S(=O)(=O)c1cccc(CNC)c1C. The van der Waals surface area contributed by atoms with Gasteiger partial charge in [0, 0.05) is 20.1 Å². The molecule has 0 saturated heterocycles. The van der Waals surface area contributed by atoms with Gasteiger partial charge in [0.1, 0.15) is 0 Å². The molecule has 0 amide bonds. The summed E-state index contributed by atoms with van der Waals surface area (Å²) in [7, 11) is 0.0878. The van der Waals surface area contributed by atoms with Crippen LogP contribution in [0.1, 0.15) is 18.1 Å². The maximum absolute atomic E-state index is 12.2. The number of rotatable bonds is 5. The molecule has 0 spiro atoms. The summed E-state index contributed by atoms with van der Waals surface area (Å²) in [6, 6.07) is 5.39.